The molecular formula is C50H39N. The lowest BCUT2D eigenvalue weighted by Crippen LogP contribution is -2.30. The molecule has 2 aliphatic carbocycles. The van der Waals surface area contributed by atoms with Crippen LogP contribution in [-0.2, 0) is 0 Å². The van der Waals surface area contributed by atoms with E-state index in [4.69, 9.17) is 0 Å². The first-order valence-corrected chi connectivity index (χ1v) is 18.1. The summed E-state index contributed by atoms with van der Waals surface area (Å²) in [5.41, 5.74) is 11.3. The van der Waals surface area contributed by atoms with Gasteiger partial charge in [-0.05, 0) is 104 Å². The van der Waals surface area contributed by atoms with Crippen molar-refractivity contribution in [2.45, 2.75) is 24.8 Å². The minimum atomic E-state index is 0.175. The first-order chi connectivity index (χ1) is 25.3. The molecule has 2 unspecified atom stereocenters. The highest BCUT2D eigenvalue weighted by Gasteiger charge is 2.23. The third-order valence-corrected chi connectivity index (χ3v) is 10.5. The van der Waals surface area contributed by atoms with Crippen LogP contribution >= 0.6 is 0 Å². The van der Waals surface area contributed by atoms with Crippen molar-refractivity contribution in [1.29, 1.82) is 0 Å². The summed E-state index contributed by atoms with van der Waals surface area (Å²) in [6.45, 7) is 0. The summed E-state index contributed by atoms with van der Waals surface area (Å²) >= 11 is 0. The number of anilines is 2. The molecule has 0 amide bonds. The van der Waals surface area contributed by atoms with E-state index >= 15 is 0 Å². The first-order valence-electron chi connectivity index (χ1n) is 18.1. The zero-order valence-corrected chi connectivity index (χ0v) is 28.6. The summed E-state index contributed by atoms with van der Waals surface area (Å²) in [6, 6.07) is 57.9. The predicted octanol–water partition coefficient (Wildman–Crippen LogP) is 13.5. The van der Waals surface area contributed by atoms with Gasteiger partial charge in [0.1, 0.15) is 0 Å². The SMILES string of the molecule is C1=CCC(c2cccc(N(c3ccc(-c4ccc(-c5ccccc5)cc4)cc3)C3C=CC(c4cc5ccccc5c5ccccc45)=CC3)c2)C=C1. The molecule has 0 aromatic heterocycles. The van der Waals surface area contributed by atoms with Crippen LogP contribution in [0, 0.1) is 0 Å². The van der Waals surface area contributed by atoms with Gasteiger partial charge in [0.25, 0.3) is 0 Å². The second-order valence-electron chi connectivity index (χ2n) is 13.6. The average Bonchev–Trinajstić information content (AvgIpc) is 3.22. The normalized spacial score (nSPS) is 16.7. The Morgan fingerprint density at radius 1 is 0.471 bits per heavy atom. The molecule has 0 aliphatic heterocycles. The van der Waals surface area contributed by atoms with Gasteiger partial charge in [0.05, 0.1) is 6.04 Å². The van der Waals surface area contributed by atoms with Gasteiger partial charge in [-0.3, -0.25) is 0 Å². The van der Waals surface area contributed by atoms with Gasteiger partial charge < -0.3 is 4.90 Å². The topological polar surface area (TPSA) is 3.24 Å². The summed E-state index contributed by atoms with van der Waals surface area (Å²) in [5.74, 6) is 0.396. The molecule has 0 heterocycles. The van der Waals surface area contributed by atoms with Gasteiger partial charge in [0.2, 0.25) is 0 Å². The summed E-state index contributed by atoms with van der Waals surface area (Å²) in [6.07, 6.45) is 18.1. The second-order valence-corrected chi connectivity index (χ2v) is 13.6. The van der Waals surface area contributed by atoms with E-state index in [1.54, 1.807) is 0 Å². The molecule has 7 aromatic carbocycles. The maximum absolute atomic E-state index is 2.52. The molecule has 51 heavy (non-hydrogen) atoms. The number of hydrogen-bond acceptors (Lipinski definition) is 1. The Balaban J connectivity index is 1.06. The summed E-state index contributed by atoms with van der Waals surface area (Å²) in [4.78, 5) is 2.52. The Morgan fingerprint density at radius 3 is 1.84 bits per heavy atom. The molecule has 7 aromatic rings. The van der Waals surface area contributed by atoms with Crippen molar-refractivity contribution < 1.29 is 0 Å². The Morgan fingerprint density at radius 2 is 1.14 bits per heavy atom. The molecule has 244 valence electrons. The molecule has 0 radical (unpaired) electrons. The zero-order valence-electron chi connectivity index (χ0n) is 28.6. The molecule has 0 bridgehead atoms. The van der Waals surface area contributed by atoms with Gasteiger partial charge >= 0.3 is 0 Å². The Bertz CT molecular complexity index is 2460. The van der Waals surface area contributed by atoms with Crippen LogP contribution in [0.3, 0.4) is 0 Å². The van der Waals surface area contributed by atoms with E-state index in [1.165, 1.54) is 71.9 Å². The fourth-order valence-corrected chi connectivity index (χ4v) is 7.86. The Hall–Kier alpha value is -6.18. The van der Waals surface area contributed by atoms with Crippen LogP contribution in [0.25, 0.3) is 49.4 Å². The van der Waals surface area contributed by atoms with E-state index in [-0.39, 0.29) is 6.04 Å². The van der Waals surface area contributed by atoms with Gasteiger partial charge in [0, 0.05) is 17.3 Å². The van der Waals surface area contributed by atoms with Gasteiger partial charge in [0.15, 0.2) is 0 Å². The monoisotopic (exact) mass is 653 g/mol. The summed E-state index contributed by atoms with van der Waals surface area (Å²) in [5, 5.41) is 5.20. The van der Waals surface area contributed by atoms with E-state index in [0.29, 0.717) is 5.92 Å². The lowest BCUT2D eigenvalue weighted by molar-refractivity contribution is 0.784. The number of fused-ring (bicyclic) bond motifs is 3. The number of allylic oxidation sites excluding steroid dienone is 6. The van der Waals surface area contributed by atoms with E-state index in [2.05, 4.69) is 205 Å². The van der Waals surface area contributed by atoms with Crippen molar-refractivity contribution in [2.75, 3.05) is 4.90 Å². The first kappa shape index (κ1) is 30.8. The molecule has 1 nitrogen and oxygen atoms in total. The third-order valence-electron chi connectivity index (χ3n) is 10.5. The maximum Gasteiger partial charge on any atom is 0.0560 e. The van der Waals surface area contributed by atoms with Gasteiger partial charge in [-0.2, -0.15) is 0 Å². The number of nitrogens with zero attached hydrogens (tertiary/aromatic N) is 1. The summed E-state index contributed by atoms with van der Waals surface area (Å²) in [7, 11) is 0. The largest absolute Gasteiger partial charge is 0.334 e. The smallest absolute Gasteiger partial charge is 0.0560 e. The van der Waals surface area contributed by atoms with Gasteiger partial charge in [-0.25, -0.2) is 0 Å². The average molecular weight is 654 g/mol. The van der Waals surface area contributed by atoms with Crippen molar-refractivity contribution >= 4 is 38.5 Å². The molecule has 0 saturated carbocycles. The molecule has 0 spiro atoms. The van der Waals surface area contributed by atoms with Crippen LogP contribution in [0.15, 0.2) is 200 Å². The van der Waals surface area contributed by atoms with Crippen LogP contribution in [0.2, 0.25) is 0 Å². The molecule has 9 rings (SSSR count). The van der Waals surface area contributed by atoms with Gasteiger partial charge in [-0.1, -0.05) is 170 Å². The highest BCUT2D eigenvalue weighted by Crippen LogP contribution is 2.39. The lowest BCUT2D eigenvalue weighted by atomic mass is 9.89. The predicted molar refractivity (Wildman–Crippen MR) is 219 cm³/mol. The minimum Gasteiger partial charge on any atom is -0.334 e. The Labute approximate surface area is 300 Å². The highest BCUT2D eigenvalue weighted by atomic mass is 15.2. The molecule has 1 heteroatoms. The standard InChI is InChI=1S/C50H39N/c1-3-12-36(13-4-1)38-22-24-39(25-23-38)40-26-30-44(31-27-40)51(46-18-11-17-42(34-46)37-14-5-2-6-15-37)45-32-28-41(29-33-45)50-35-43-16-7-8-19-47(43)48-20-9-10-21-49(48)50/h1-14,16-32,34-35,37,45H,15,33H2. The fourth-order valence-electron chi connectivity index (χ4n) is 7.86. The third kappa shape index (κ3) is 6.13. The van der Waals surface area contributed by atoms with E-state index < -0.39 is 0 Å². The second kappa shape index (κ2) is 13.6. The van der Waals surface area contributed by atoms with Crippen LogP contribution in [-0.4, -0.2) is 6.04 Å². The van der Waals surface area contributed by atoms with Gasteiger partial charge in [-0.15, -0.1) is 0 Å². The quantitative estimate of drug-likeness (QED) is 0.155. The van der Waals surface area contributed by atoms with E-state index in [0.717, 1.165) is 12.8 Å². The van der Waals surface area contributed by atoms with Crippen molar-refractivity contribution in [3.05, 3.63) is 211 Å². The highest BCUT2D eigenvalue weighted by molar-refractivity contribution is 6.12. The molecule has 0 saturated heterocycles. The zero-order chi connectivity index (χ0) is 34.0. The number of benzene rings is 7. The van der Waals surface area contributed by atoms with Crippen LogP contribution in [0.5, 0.6) is 0 Å². The van der Waals surface area contributed by atoms with Crippen molar-refractivity contribution in [1.82, 2.24) is 0 Å². The summed E-state index contributed by atoms with van der Waals surface area (Å²) < 4.78 is 0. The lowest BCUT2D eigenvalue weighted by Gasteiger charge is -2.34. The van der Waals surface area contributed by atoms with Crippen LogP contribution < -0.4 is 4.90 Å². The minimum absolute atomic E-state index is 0.175. The van der Waals surface area contributed by atoms with Crippen molar-refractivity contribution in [2.24, 2.45) is 0 Å². The molecular weight excluding hydrogens is 615 g/mol. The van der Waals surface area contributed by atoms with Crippen LogP contribution in [0.4, 0.5) is 11.4 Å². The Kier molecular flexibility index (Phi) is 8.24. The number of hydrogen-bond donors (Lipinski definition) is 0. The molecule has 2 atom stereocenters. The van der Waals surface area contributed by atoms with Crippen molar-refractivity contribution in [3.8, 4) is 22.3 Å². The maximum atomic E-state index is 2.52. The van der Waals surface area contributed by atoms with Crippen LogP contribution in [0.1, 0.15) is 29.9 Å². The molecule has 0 N–H and O–H groups in total. The number of rotatable bonds is 7. The van der Waals surface area contributed by atoms with E-state index in [1.807, 2.05) is 0 Å². The fraction of sp³-hybridized carbons (Fsp3) is 0.0800. The van der Waals surface area contributed by atoms with Crippen molar-refractivity contribution in [3.63, 3.8) is 0 Å². The molecule has 0 fully saturated rings. The molecule has 2 aliphatic rings. The van der Waals surface area contributed by atoms with E-state index in [9.17, 15) is 0 Å².